The molecule has 304 valence electrons. The lowest BCUT2D eigenvalue weighted by Gasteiger charge is -2.52. The molecule has 18 nitrogen and oxygen atoms in total. The van der Waals surface area contributed by atoms with E-state index in [9.17, 15) is 54.3 Å². The molecule has 3 aliphatic carbocycles. The van der Waals surface area contributed by atoms with Gasteiger partial charge in [0.25, 0.3) is 0 Å². The minimum absolute atomic E-state index is 0.0204. The van der Waals surface area contributed by atoms with Gasteiger partial charge in [-0.3, -0.25) is 24.0 Å². The van der Waals surface area contributed by atoms with Gasteiger partial charge in [0.1, 0.15) is 41.5 Å². The van der Waals surface area contributed by atoms with Crippen LogP contribution in [0, 0.1) is 6.92 Å². The van der Waals surface area contributed by atoms with E-state index in [0.717, 1.165) is 26.4 Å². The number of rotatable bonds is 7. The smallest absolute Gasteiger partial charge is 0.341 e. The Morgan fingerprint density at radius 2 is 1.63 bits per heavy atom. The first kappa shape index (κ1) is 40.3. The number of esters is 1. The summed E-state index contributed by atoms with van der Waals surface area (Å²) < 4.78 is 33.4. The first-order chi connectivity index (χ1) is 26.9. The van der Waals surface area contributed by atoms with Crippen LogP contribution in [0.3, 0.4) is 0 Å². The molecule has 2 aromatic rings. The number of phenols is 2. The molecule has 0 amide bonds. The molecule has 0 saturated carbocycles. The quantitative estimate of drug-likeness (QED) is 0.205. The summed E-state index contributed by atoms with van der Waals surface area (Å²) >= 11 is 0. The molecule has 2 aliphatic heterocycles. The predicted octanol–water partition coefficient (Wildman–Crippen LogP) is 0.214. The number of hydrogen-bond donors (Lipinski definition) is 6. The van der Waals surface area contributed by atoms with Crippen LogP contribution in [-0.4, -0.2) is 136 Å². The molecule has 57 heavy (non-hydrogen) atoms. The summed E-state index contributed by atoms with van der Waals surface area (Å²) in [5, 5.41) is 61.2. The molecule has 0 radical (unpaired) electrons. The molecule has 7 rings (SSSR count). The van der Waals surface area contributed by atoms with Gasteiger partial charge in [0.05, 0.1) is 36.1 Å². The van der Waals surface area contributed by atoms with Gasteiger partial charge in [0.2, 0.25) is 17.3 Å². The summed E-state index contributed by atoms with van der Waals surface area (Å²) in [6, 6.07) is 2.15. The number of methoxy groups -OCH3 is 3. The summed E-state index contributed by atoms with van der Waals surface area (Å²) in [4.78, 5) is 81.7. The number of aryl methyl sites for hydroxylation is 1. The second kappa shape index (κ2) is 14.2. The number of ketones is 5. The molecule has 0 bridgehead atoms. The van der Waals surface area contributed by atoms with Gasteiger partial charge < -0.3 is 59.3 Å². The number of carbonyl (C=O) groups excluding carboxylic acids is 6. The third kappa shape index (κ3) is 5.61. The van der Waals surface area contributed by atoms with Crippen LogP contribution >= 0.6 is 0 Å². The fraction of sp³-hybridized carbons (Fsp3) is 0.487. The predicted molar refractivity (Wildman–Crippen MR) is 189 cm³/mol. The second-order valence-corrected chi connectivity index (χ2v) is 14.7. The van der Waals surface area contributed by atoms with Crippen molar-refractivity contribution in [1.29, 1.82) is 0 Å². The number of nitrogens with one attached hydrogen (secondary N) is 1. The minimum atomic E-state index is -3.26. The van der Waals surface area contributed by atoms with Crippen LogP contribution in [0.4, 0.5) is 0 Å². The minimum Gasteiger partial charge on any atom is -0.507 e. The Bertz CT molecular complexity index is 2180. The molecule has 2 saturated heterocycles. The lowest BCUT2D eigenvalue weighted by atomic mass is 9.56. The van der Waals surface area contributed by atoms with Crippen molar-refractivity contribution in [2.75, 3.05) is 21.3 Å². The molecule has 0 aromatic heterocycles. The summed E-state index contributed by atoms with van der Waals surface area (Å²) in [7, 11) is 3.21. The number of ether oxygens (including phenoxy) is 6. The third-order valence-electron chi connectivity index (χ3n) is 11.6. The first-order valence-corrected chi connectivity index (χ1v) is 18.1. The van der Waals surface area contributed by atoms with E-state index in [-0.39, 0.29) is 29.8 Å². The fourth-order valence-electron chi connectivity index (χ4n) is 8.82. The molecule has 6 N–H and O–H groups in total. The van der Waals surface area contributed by atoms with E-state index < -0.39 is 146 Å². The van der Waals surface area contributed by atoms with Crippen LogP contribution < -0.4 is 5.32 Å². The van der Waals surface area contributed by atoms with E-state index in [1.165, 1.54) is 20.1 Å². The Labute approximate surface area is 324 Å². The molecule has 2 fully saturated rings. The van der Waals surface area contributed by atoms with Crippen molar-refractivity contribution >= 4 is 34.9 Å². The van der Waals surface area contributed by atoms with E-state index >= 15 is 0 Å². The highest BCUT2D eigenvalue weighted by Crippen LogP contribution is 2.56. The van der Waals surface area contributed by atoms with Gasteiger partial charge in [-0.1, -0.05) is 6.07 Å². The summed E-state index contributed by atoms with van der Waals surface area (Å²) in [5.41, 5.74) is -10.4. The van der Waals surface area contributed by atoms with Gasteiger partial charge in [0.15, 0.2) is 35.3 Å². The third-order valence-corrected chi connectivity index (χ3v) is 11.6. The number of phenolic OH excluding ortho intramolecular Hbond substituents is 2. The van der Waals surface area contributed by atoms with E-state index in [4.69, 9.17) is 28.4 Å². The van der Waals surface area contributed by atoms with Crippen LogP contribution in [0.2, 0.25) is 0 Å². The number of aromatic hydroxyl groups is 2. The maximum Gasteiger partial charge on any atom is 0.341 e. The molecule has 0 spiro atoms. The monoisotopic (exact) mass is 795 g/mol. The highest BCUT2D eigenvalue weighted by molar-refractivity contribution is 6.31. The van der Waals surface area contributed by atoms with Crippen molar-refractivity contribution in [3.63, 3.8) is 0 Å². The van der Waals surface area contributed by atoms with Crippen molar-refractivity contribution in [2.45, 2.75) is 100 Å². The van der Waals surface area contributed by atoms with Gasteiger partial charge in [-0.15, -0.1) is 0 Å². The van der Waals surface area contributed by atoms with Gasteiger partial charge in [-0.2, -0.15) is 0 Å². The Kier molecular flexibility index (Phi) is 10.0. The van der Waals surface area contributed by atoms with Crippen molar-refractivity contribution in [3.8, 4) is 11.5 Å². The van der Waals surface area contributed by atoms with E-state index in [2.05, 4.69) is 5.32 Å². The highest BCUT2D eigenvalue weighted by Gasteiger charge is 2.72. The maximum absolute atomic E-state index is 14.7. The van der Waals surface area contributed by atoms with Crippen LogP contribution in [0.25, 0.3) is 0 Å². The van der Waals surface area contributed by atoms with E-state index in [1.54, 1.807) is 13.8 Å². The molecule has 5 aliphatic rings. The molecular formula is C39H41NO17. The van der Waals surface area contributed by atoms with Crippen molar-refractivity contribution in [3.05, 3.63) is 68.4 Å². The summed E-state index contributed by atoms with van der Waals surface area (Å²) in [5.74, 6) is -7.93. The number of benzene rings is 2. The molecule has 2 heterocycles. The van der Waals surface area contributed by atoms with Crippen LogP contribution in [-0.2, 0) is 45.2 Å². The zero-order chi connectivity index (χ0) is 41.6. The zero-order valence-corrected chi connectivity index (χ0v) is 31.6. The largest absolute Gasteiger partial charge is 0.507 e. The highest BCUT2D eigenvalue weighted by atomic mass is 16.7. The topological polar surface area (TPSA) is 271 Å². The zero-order valence-electron chi connectivity index (χ0n) is 31.6. The standard InChI is InChI=1S/C39H41NO17/c1-13-9-16-10-22(43)39(54-6)35(49)26-18(34(48)38(39,51)27(16)30(46)24(13)37(50)53-5)11-17-25(29(26)45)21(42)12-19(28(17)44)40-36-33(52-4)31(47)32(15(3)56-36)57-23-8-7-20(41)14(2)55-23/h9,11-12,14-15,22-23,31-33,36,40,43,45-47,51H,7-8,10H2,1-6H3/t14-,15-,22+,23+,31+,32-,33+,36-,38-,39+/m0/s1. The molecule has 18 heteroatoms. The average molecular weight is 796 g/mol. The van der Waals surface area contributed by atoms with Gasteiger partial charge in [-0.25, -0.2) is 4.79 Å². The molecule has 0 unspecified atom stereocenters. The number of carbonyl (C=O) groups is 6. The van der Waals surface area contributed by atoms with Gasteiger partial charge in [0, 0.05) is 56.2 Å². The van der Waals surface area contributed by atoms with Crippen molar-refractivity contribution < 1.29 is 82.7 Å². The number of hydrogen-bond acceptors (Lipinski definition) is 18. The van der Waals surface area contributed by atoms with Crippen molar-refractivity contribution in [1.82, 2.24) is 5.32 Å². The molecule has 2 aromatic carbocycles. The van der Waals surface area contributed by atoms with Crippen molar-refractivity contribution in [2.24, 2.45) is 0 Å². The van der Waals surface area contributed by atoms with E-state index in [1.807, 2.05) is 0 Å². The van der Waals surface area contributed by atoms with Crippen LogP contribution in [0.5, 0.6) is 11.5 Å². The Hall–Kier alpha value is -4.92. The number of allylic oxidation sites excluding steroid dienone is 2. The normalized spacial score (nSPS) is 33.5. The fourth-order valence-corrected chi connectivity index (χ4v) is 8.82. The number of fused-ring (bicyclic) bond motifs is 5. The average Bonchev–Trinajstić information content (AvgIpc) is 3.15. The summed E-state index contributed by atoms with van der Waals surface area (Å²) in [6.07, 6.45) is -8.46. The van der Waals surface area contributed by atoms with Crippen LogP contribution in [0.1, 0.15) is 95.2 Å². The number of aliphatic hydroxyl groups excluding tert-OH is 2. The summed E-state index contributed by atoms with van der Waals surface area (Å²) in [6.45, 7) is 4.61. The SMILES string of the molecule is COC(=O)c1c(C)cc2c(c1O)[C@]1(O)C(=O)c3cc4c(c(O)c3C(=O)[C@]1(OC)[C@H](O)C2)C(=O)C=C(N[C@H]1O[C@@H](C)[C@H](O[C@@H]2CCC(=O)[C@H](C)O2)[C@@H](O)[C@H]1OC)C4=O. The Morgan fingerprint density at radius 1 is 0.930 bits per heavy atom. The van der Waals surface area contributed by atoms with E-state index in [0.29, 0.717) is 0 Å². The Balaban J connectivity index is 1.26. The molecule has 10 atom stereocenters. The number of aliphatic hydroxyl groups is 3. The lowest BCUT2D eigenvalue weighted by Crippen LogP contribution is -2.73. The van der Waals surface area contributed by atoms with Crippen LogP contribution in [0.15, 0.2) is 23.9 Å². The van der Waals surface area contributed by atoms with Gasteiger partial charge in [-0.05, 0) is 38.0 Å². The lowest BCUT2D eigenvalue weighted by molar-refractivity contribution is -0.288. The number of Topliss-reactive ketones (excluding diaryl/α,β-unsaturated/α-hetero) is 4. The second-order valence-electron chi connectivity index (χ2n) is 14.7. The maximum atomic E-state index is 14.7. The molecular weight excluding hydrogens is 754 g/mol. The first-order valence-electron chi connectivity index (χ1n) is 18.1. The van der Waals surface area contributed by atoms with Gasteiger partial charge >= 0.3 is 5.97 Å². The Morgan fingerprint density at radius 3 is 2.26 bits per heavy atom.